The zero-order chi connectivity index (χ0) is 13.5. The monoisotopic (exact) mass is 243 g/mol. The van der Waals surface area contributed by atoms with E-state index in [1.807, 2.05) is 13.8 Å². The van der Waals surface area contributed by atoms with Crippen molar-refractivity contribution in [3.63, 3.8) is 0 Å². The number of rotatable bonds is 9. The molecule has 3 heteroatoms. The van der Waals surface area contributed by atoms with Crippen LogP contribution < -0.4 is 5.32 Å². The van der Waals surface area contributed by atoms with Gasteiger partial charge in [-0.1, -0.05) is 27.7 Å². The second-order valence-electron chi connectivity index (χ2n) is 5.55. The molecule has 0 aliphatic rings. The molecule has 0 amide bonds. The molecule has 1 atom stereocenters. The molecule has 0 saturated carbocycles. The van der Waals surface area contributed by atoms with E-state index in [1.165, 1.54) is 6.42 Å². The molecule has 0 aromatic rings. The lowest BCUT2D eigenvalue weighted by molar-refractivity contribution is -0.149. The number of hydrogen-bond donors (Lipinski definition) is 2. The highest BCUT2D eigenvalue weighted by Crippen LogP contribution is 2.26. The molecule has 0 bridgehead atoms. The standard InChI is InChI=1S/C14H29NO2/c1-6-14(7-2,13(16)17)10-15-12(5)9-8-11(3)4/h11-12,15H,6-10H2,1-5H3,(H,16,17). The number of hydrogen-bond acceptors (Lipinski definition) is 2. The molecule has 0 rings (SSSR count). The maximum absolute atomic E-state index is 11.3. The summed E-state index contributed by atoms with van der Waals surface area (Å²) in [4.78, 5) is 11.3. The van der Waals surface area contributed by atoms with Crippen LogP contribution in [0, 0.1) is 11.3 Å². The smallest absolute Gasteiger partial charge is 0.310 e. The van der Waals surface area contributed by atoms with Gasteiger partial charge in [0.2, 0.25) is 0 Å². The number of carbonyl (C=O) groups is 1. The lowest BCUT2D eigenvalue weighted by atomic mass is 9.82. The van der Waals surface area contributed by atoms with Crippen LogP contribution in [0.2, 0.25) is 0 Å². The second-order valence-corrected chi connectivity index (χ2v) is 5.55. The maximum atomic E-state index is 11.3. The van der Waals surface area contributed by atoms with Gasteiger partial charge in [-0.3, -0.25) is 4.79 Å². The topological polar surface area (TPSA) is 49.3 Å². The number of nitrogens with one attached hydrogen (secondary N) is 1. The van der Waals surface area contributed by atoms with E-state index in [-0.39, 0.29) is 0 Å². The first-order chi connectivity index (χ1) is 7.88. The lowest BCUT2D eigenvalue weighted by Gasteiger charge is -2.29. The highest BCUT2D eigenvalue weighted by Gasteiger charge is 2.34. The van der Waals surface area contributed by atoms with Gasteiger partial charge < -0.3 is 10.4 Å². The quantitative estimate of drug-likeness (QED) is 0.653. The second kappa shape index (κ2) is 7.70. The summed E-state index contributed by atoms with van der Waals surface area (Å²) in [6.07, 6.45) is 3.67. The fraction of sp³-hybridized carbons (Fsp3) is 0.929. The van der Waals surface area contributed by atoms with Crippen molar-refractivity contribution in [2.45, 2.75) is 66.3 Å². The average Bonchev–Trinajstić information content (AvgIpc) is 2.28. The zero-order valence-electron chi connectivity index (χ0n) is 12.0. The first-order valence-electron chi connectivity index (χ1n) is 6.84. The van der Waals surface area contributed by atoms with Crippen LogP contribution in [0.3, 0.4) is 0 Å². The van der Waals surface area contributed by atoms with Gasteiger partial charge in [-0.15, -0.1) is 0 Å². The molecule has 3 nitrogen and oxygen atoms in total. The molecule has 0 radical (unpaired) electrons. The third-order valence-corrected chi connectivity index (χ3v) is 3.77. The molecule has 0 fully saturated rings. The van der Waals surface area contributed by atoms with Crippen molar-refractivity contribution >= 4 is 5.97 Å². The maximum Gasteiger partial charge on any atom is 0.310 e. The SMILES string of the molecule is CCC(CC)(CNC(C)CCC(C)C)C(=O)O. The average molecular weight is 243 g/mol. The Morgan fingerprint density at radius 3 is 2.06 bits per heavy atom. The van der Waals surface area contributed by atoms with Gasteiger partial charge in [0.25, 0.3) is 0 Å². The molecule has 0 aliphatic carbocycles. The molecule has 1 unspecified atom stereocenters. The van der Waals surface area contributed by atoms with Crippen molar-refractivity contribution in [2.24, 2.45) is 11.3 Å². The summed E-state index contributed by atoms with van der Waals surface area (Å²) in [7, 11) is 0. The minimum Gasteiger partial charge on any atom is -0.481 e. The Balaban J connectivity index is 4.17. The zero-order valence-corrected chi connectivity index (χ0v) is 12.0. The largest absolute Gasteiger partial charge is 0.481 e. The normalized spacial score (nSPS) is 14.0. The van der Waals surface area contributed by atoms with Gasteiger partial charge >= 0.3 is 5.97 Å². The van der Waals surface area contributed by atoms with Crippen LogP contribution in [0.4, 0.5) is 0 Å². The number of carboxylic acid groups (broad SMARTS) is 1. The first-order valence-corrected chi connectivity index (χ1v) is 6.84. The van der Waals surface area contributed by atoms with E-state index in [9.17, 15) is 9.90 Å². The fourth-order valence-electron chi connectivity index (χ4n) is 1.93. The van der Waals surface area contributed by atoms with Gasteiger partial charge in [-0.25, -0.2) is 0 Å². The van der Waals surface area contributed by atoms with Gasteiger partial charge in [0, 0.05) is 12.6 Å². The molecule has 17 heavy (non-hydrogen) atoms. The van der Waals surface area contributed by atoms with Gasteiger partial charge in [-0.2, -0.15) is 0 Å². The number of aliphatic carboxylic acids is 1. The van der Waals surface area contributed by atoms with E-state index < -0.39 is 11.4 Å². The van der Waals surface area contributed by atoms with Crippen LogP contribution in [0.15, 0.2) is 0 Å². The summed E-state index contributed by atoms with van der Waals surface area (Å²) < 4.78 is 0. The van der Waals surface area contributed by atoms with Gasteiger partial charge in [0.05, 0.1) is 5.41 Å². The van der Waals surface area contributed by atoms with Crippen LogP contribution in [-0.4, -0.2) is 23.7 Å². The highest BCUT2D eigenvalue weighted by atomic mass is 16.4. The summed E-state index contributed by atoms with van der Waals surface area (Å²) >= 11 is 0. The molecule has 2 N–H and O–H groups in total. The van der Waals surface area contributed by atoms with Crippen molar-refractivity contribution < 1.29 is 9.90 Å². The Kier molecular flexibility index (Phi) is 7.44. The van der Waals surface area contributed by atoms with Crippen molar-refractivity contribution in [1.82, 2.24) is 5.32 Å². The molecule has 0 heterocycles. The van der Waals surface area contributed by atoms with E-state index in [2.05, 4.69) is 26.1 Å². The van der Waals surface area contributed by atoms with Gasteiger partial charge in [0.15, 0.2) is 0 Å². The predicted molar refractivity (Wildman–Crippen MR) is 72.2 cm³/mol. The Labute approximate surface area is 106 Å². The Morgan fingerprint density at radius 1 is 1.18 bits per heavy atom. The summed E-state index contributed by atoms with van der Waals surface area (Å²) in [6, 6.07) is 0.397. The molecular formula is C14H29NO2. The molecule has 0 aromatic carbocycles. The van der Waals surface area contributed by atoms with Crippen molar-refractivity contribution in [3.05, 3.63) is 0 Å². The molecule has 0 aliphatic heterocycles. The fourth-order valence-corrected chi connectivity index (χ4v) is 1.93. The summed E-state index contributed by atoms with van der Waals surface area (Å²) in [6.45, 7) is 11.1. The van der Waals surface area contributed by atoms with E-state index in [4.69, 9.17) is 0 Å². The van der Waals surface area contributed by atoms with Crippen molar-refractivity contribution in [2.75, 3.05) is 6.54 Å². The minimum atomic E-state index is -0.675. The van der Waals surface area contributed by atoms with Crippen LogP contribution in [0.25, 0.3) is 0 Å². The predicted octanol–water partition coefficient (Wildman–Crippen LogP) is 3.29. The lowest BCUT2D eigenvalue weighted by Crippen LogP contribution is -2.43. The summed E-state index contributed by atoms with van der Waals surface area (Å²) in [5.74, 6) is 0.0342. The van der Waals surface area contributed by atoms with Crippen LogP contribution in [-0.2, 0) is 4.79 Å². The van der Waals surface area contributed by atoms with Crippen molar-refractivity contribution in [1.29, 1.82) is 0 Å². The summed E-state index contributed by atoms with van der Waals surface area (Å²) in [5.41, 5.74) is -0.591. The molecule has 0 aromatic heterocycles. The molecule has 102 valence electrons. The van der Waals surface area contributed by atoms with Gasteiger partial charge in [0.1, 0.15) is 0 Å². The third kappa shape index (κ3) is 5.53. The Hall–Kier alpha value is -0.570. The van der Waals surface area contributed by atoms with E-state index >= 15 is 0 Å². The van der Waals surface area contributed by atoms with E-state index in [0.29, 0.717) is 31.3 Å². The minimum absolute atomic E-state index is 0.397. The van der Waals surface area contributed by atoms with Gasteiger partial charge in [-0.05, 0) is 38.5 Å². The Morgan fingerprint density at radius 2 is 1.71 bits per heavy atom. The third-order valence-electron chi connectivity index (χ3n) is 3.77. The summed E-state index contributed by atoms with van der Waals surface area (Å²) in [5, 5.41) is 12.7. The van der Waals surface area contributed by atoms with E-state index in [1.54, 1.807) is 0 Å². The number of carboxylic acids is 1. The molecule has 0 saturated heterocycles. The van der Waals surface area contributed by atoms with Crippen LogP contribution in [0.1, 0.15) is 60.3 Å². The highest BCUT2D eigenvalue weighted by molar-refractivity contribution is 5.74. The first kappa shape index (κ1) is 16.4. The van der Waals surface area contributed by atoms with Crippen LogP contribution >= 0.6 is 0 Å². The molecule has 0 spiro atoms. The molecular weight excluding hydrogens is 214 g/mol. The van der Waals surface area contributed by atoms with E-state index in [0.717, 1.165) is 6.42 Å². The van der Waals surface area contributed by atoms with Crippen LogP contribution in [0.5, 0.6) is 0 Å². The van der Waals surface area contributed by atoms with Crippen molar-refractivity contribution in [3.8, 4) is 0 Å². The Bertz CT molecular complexity index is 222.